The minimum absolute atomic E-state index is 0.298. The Labute approximate surface area is 173 Å². The molecule has 2 heterocycles. The van der Waals surface area contributed by atoms with Crippen molar-refractivity contribution in [2.45, 2.75) is 27.4 Å². The van der Waals surface area contributed by atoms with Gasteiger partial charge in [-0.15, -0.1) is 0 Å². The SMILES string of the molecule is Cc1ccnc(-c2ccc(OCc3c(C)cccc3-n3nnn(C)c3=O)c(C)c2)n1. The minimum atomic E-state index is -0.305. The number of hydrogen-bond donors (Lipinski definition) is 0. The molecule has 0 bridgehead atoms. The van der Waals surface area contributed by atoms with Crippen molar-refractivity contribution < 1.29 is 4.74 Å². The number of tetrazole rings is 1. The number of hydrogen-bond acceptors (Lipinski definition) is 6. The molecule has 0 N–H and O–H groups in total. The molecule has 0 aliphatic rings. The second-order valence-corrected chi connectivity index (χ2v) is 7.16. The zero-order chi connectivity index (χ0) is 21.3. The lowest BCUT2D eigenvalue weighted by Gasteiger charge is -2.14. The highest BCUT2D eigenvalue weighted by atomic mass is 16.5. The Morgan fingerprint density at radius 3 is 2.53 bits per heavy atom. The Bertz CT molecular complexity index is 1270. The quantitative estimate of drug-likeness (QED) is 0.510. The highest BCUT2D eigenvalue weighted by Crippen LogP contribution is 2.26. The second kappa shape index (κ2) is 7.90. The second-order valence-electron chi connectivity index (χ2n) is 7.16. The van der Waals surface area contributed by atoms with Gasteiger partial charge in [0.2, 0.25) is 0 Å². The smallest absolute Gasteiger partial charge is 0.368 e. The van der Waals surface area contributed by atoms with Gasteiger partial charge in [0.15, 0.2) is 5.82 Å². The van der Waals surface area contributed by atoms with Crippen molar-refractivity contribution in [2.24, 2.45) is 7.05 Å². The van der Waals surface area contributed by atoms with Crippen LogP contribution in [0.5, 0.6) is 5.75 Å². The van der Waals surface area contributed by atoms with Crippen LogP contribution in [0, 0.1) is 20.8 Å². The molecule has 0 unspecified atom stereocenters. The Balaban J connectivity index is 1.61. The van der Waals surface area contributed by atoms with E-state index in [0.717, 1.165) is 33.7 Å². The first-order valence-corrected chi connectivity index (χ1v) is 9.55. The Morgan fingerprint density at radius 2 is 1.83 bits per heavy atom. The van der Waals surface area contributed by atoms with Crippen molar-refractivity contribution >= 4 is 0 Å². The average Bonchev–Trinajstić information content (AvgIpc) is 3.06. The summed E-state index contributed by atoms with van der Waals surface area (Å²) >= 11 is 0. The molecule has 152 valence electrons. The molecule has 30 heavy (non-hydrogen) atoms. The summed E-state index contributed by atoms with van der Waals surface area (Å²) in [5.41, 5.74) is 5.08. The van der Waals surface area contributed by atoms with Gasteiger partial charge < -0.3 is 4.74 Å². The summed E-state index contributed by atoms with van der Waals surface area (Å²) < 4.78 is 8.60. The number of nitrogens with zero attached hydrogens (tertiary/aromatic N) is 6. The lowest BCUT2D eigenvalue weighted by molar-refractivity contribution is 0.302. The monoisotopic (exact) mass is 402 g/mol. The normalized spacial score (nSPS) is 10.9. The molecule has 2 aromatic heterocycles. The molecule has 0 amide bonds. The van der Waals surface area contributed by atoms with Crippen LogP contribution < -0.4 is 10.4 Å². The lowest BCUT2D eigenvalue weighted by atomic mass is 10.1. The van der Waals surface area contributed by atoms with Crippen molar-refractivity contribution in [3.05, 3.63) is 81.5 Å². The number of aromatic nitrogens is 6. The zero-order valence-corrected chi connectivity index (χ0v) is 17.3. The molecule has 0 aliphatic heterocycles. The van der Waals surface area contributed by atoms with Crippen LogP contribution in [0.1, 0.15) is 22.4 Å². The van der Waals surface area contributed by atoms with Crippen LogP contribution in [-0.2, 0) is 13.7 Å². The largest absolute Gasteiger partial charge is 0.489 e. The predicted octanol–water partition coefficient (Wildman–Crippen LogP) is 2.93. The molecule has 0 radical (unpaired) electrons. The van der Waals surface area contributed by atoms with Crippen molar-refractivity contribution in [1.82, 2.24) is 29.8 Å². The van der Waals surface area contributed by atoms with Gasteiger partial charge in [-0.2, -0.15) is 9.36 Å². The Kier molecular flexibility index (Phi) is 5.14. The maximum absolute atomic E-state index is 12.3. The van der Waals surface area contributed by atoms with E-state index in [1.165, 1.54) is 9.36 Å². The summed E-state index contributed by atoms with van der Waals surface area (Å²) in [5, 5.41) is 7.76. The molecule has 4 aromatic rings. The van der Waals surface area contributed by atoms with Gasteiger partial charge in [0.1, 0.15) is 12.4 Å². The Hall–Kier alpha value is -3.81. The van der Waals surface area contributed by atoms with Crippen LogP contribution in [0.25, 0.3) is 17.1 Å². The molecular formula is C22H22N6O2. The van der Waals surface area contributed by atoms with Crippen LogP contribution in [0.3, 0.4) is 0 Å². The fourth-order valence-corrected chi connectivity index (χ4v) is 3.23. The summed E-state index contributed by atoms with van der Waals surface area (Å²) in [5.74, 6) is 1.44. The van der Waals surface area contributed by atoms with Crippen LogP contribution in [0.15, 0.2) is 53.5 Å². The van der Waals surface area contributed by atoms with Crippen LogP contribution in [-0.4, -0.2) is 29.8 Å². The molecule has 2 aromatic carbocycles. The van der Waals surface area contributed by atoms with Gasteiger partial charge in [-0.25, -0.2) is 14.8 Å². The molecule has 8 nitrogen and oxygen atoms in total. The van der Waals surface area contributed by atoms with Crippen molar-refractivity contribution in [3.8, 4) is 22.8 Å². The van der Waals surface area contributed by atoms with E-state index in [0.29, 0.717) is 18.1 Å². The highest BCUT2D eigenvalue weighted by Gasteiger charge is 2.14. The fourth-order valence-electron chi connectivity index (χ4n) is 3.23. The molecule has 8 heteroatoms. The van der Waals surface area contributed by atoms with E-state index in [-0.39, 0.29) is 5.69 Å². The first kappa shape index (κ1) is 19.5. The van der Waals surface area contributed by atoms with Gasteiger partial charge in [0.25, 0.3) is 0 Å². The van der Waals surface area contributed by atoms with E-state index in [2.05, 4.69) is 20.4 Å². The number of rotatable bonds is 5. The number of aryl methyl sites for hydroxylation is 4. The molecule has 4 rings (SSSR count). The first-order chi connectivity index (χ1) is 14.4. The maximum Gasteiger partial charge on any atom is 0.368 e. The van der Waals surface area contributed by atoms with Crippen molar-refractivity contribution in [3.63, 3.8) is 0 Å². The predicted molar refractivity (Wildman–Crippen MR) is 113 cm³/mol. The molecule has 0 aliphatic carbocycles. The van der Waals surface area contributed by atoms with E-state index >= 15 is 0 Å². The zero-order valence-electron chi connectivity index (χ0n) is 17.3. The standard InChI is InChI=1S/C22H22N6O2/c1-14-6-5-7-19(28-22(29)27(4)25-26-28)18(14)13-30-20-9-8-17(12-15(20)2)21-23-11-10-16(3)24-21/h5-12H,13H2,1-4H3. The van der Waals surface area contributed by atoms with Crippen LogP contribution in [0.2, 0.25) is 0 Å². The van der Waals surface area contributed by atoms with E-state index in [9.17, 15) is 4.79 Å². The molecule has 0 atom stereocenters. The fraction of sp³-hybridized carbons (Fsp3) is 0.227. The molecule has 0 spiro atoms. The molecular weight excluding hydrogens is 380 g/mol. The summed E-state index contributed by atoms with van der Waals surface area (Å²) in [6.07, 6.45) is 1.76. The maximum atomic E-state index is 12.3. The van der Waals surface area contributed by atoms with Gasteiger partial charge in [0.05, 0.1) is 5.69 Å². The third-order valence-corrected chi connectivity index (χ3v) is 4.94. The van der Waals surface area contributed by atoms with E-state index in [1.54, 1.807) is 13.2 Å². The third-order valence-electron chi connectivity index (χ3n) is 4.94. The third kappa shape index (κ3) is 3.71. The topological polar surface area (TPSA) is 87.7 Å². The lowest BCUT2D eigenvalue weighted by Crippen LogP contribution is -2.23. The first-order valence-electron chi connectivity index (χ1n) is 9.55. The van der Waals surface area contributed by atoms with Crippen molar-refractivity contribution in [1.29, 1.82) is 0 Å². The summed E-state index contributed by atoms with van der Waals surface area (Å²) in [6, 6.07) is 13.5. The van der Waals surface area contributed by atoms with E-state index < -0.39 is 0 Å². The van der Waals surface area contributed by atoms with Gasteiger partial charge in [-0.1, -0.05) is 12.1 Å². The van der Waals surface area contributed by atoms with Crippen molar-refractivity contribution in [2.75, 3.05) is 0 Å². The van der Waals surface area contributed by atoms with Gasteiger partial charge in [0, 0.05) is 30.1 Å². The average molecular weight is 402 g/mol. The summed E-state index contributed by atoms with van der Waals surface area (Å²) in [6.45, 7) is 6.21. The van der Waals surface area contributed by atoms with E-state index in [4.69, 9.17) is 4.74 Å². The summed E-state index contributed by atoms with van der Waals surface area (Å²) in [4.78, 5) is 21.1. The number of benzene rings is 2. The Morgan fingerprint density at radius 1 is 1.00 bits per heavy atom. The summed E-state index contributed by atoms with van der Waals surface area (Å²) in [7, 11) is 1.57. The van der Waals surface area contributed by atoms with Crippen LogP contribution in [0.4, 0.5) is 0 Å². The van der Waals surface area contributed by atoms with Gasteiger partial charge in [-0.3, -0.25) is 0 Å². The van der Waals surface area contributed by atoms with Crippen LogP contribution >= 0.6 is 0 Å². The van der Waals surface area contributed by atoms with Gasteiger partial charge >= 0.3 is 5.69 Å². The molecule has 0 fully saturated rings. The van der Waals surface area contributed by atoms with Gasteiger partial charge in [-0.05, 0) is 72.7 Å². The molecule has 0 saturated heterocycles. The highest BCUT2D eigenvalue weighted by molar-refractivity contribution is 5.58. The minimum Gasteiger partial charge on any atom is -0.489 e. The molecule has 0 saturated carbocycles. The van der Waals surface area contributed by atoms with E-state index in [1.807, 2.05) is 63.2 Å². The number of ether oxygens (including phenoxy) is 1.